The van der Waals surface area contributed by atoms with Crippen molar-refractivity contribution in [3.63, 3.8) is 0 Å². The van der Waals surface area contributed by atoms with E-state index in [2.05, 4.69) is 0 Å². The maximum Gasteiger partial charge on any atom is 0.387 e. The van der Waals surface area contributed by atoms with Crippen molar-refractivity contribution in [1.82, 2.24) is 4.31 Å². The van der Waals surface area contributed by atoms with E-state index < -0.39 is 46.2 Å². The Kier molecular flexibility index (Phi) is 10.8. The summed E-state index contributed by atoms with van der Waals surface area (Å²) in [5.74, 6) is 0.0185. The Morgan fingerprint density at radius 3 is 2.71 bits per heavy atom. The number of hydroxylamine groups is 1. The Morgan fingerprint density at radius 1 is 1.20 bits per heavy atom. The molecule has 2 unspecified atom stereocenters. The number of rotatable bonds is 12. The number of esters is 1. The molecular formula is C32H35Cl2F2N3O8S2. The first-order valence-corrected chi connectivity index (χ1v) is 19.1. The van der Waals surface area contributed by atoms with Crippen molar-refractivity contribution in [2.75, 3.05) is 43.3 Å². The highest BCUT2D eigenvalue weighted by Gasteiger charge is 2.43. The summed E-state index contributed by atoms with van der Waals surface area (Å²) < 4.78 is 78.4. The van der Waals surface area contributed by atoms with Crippen LogP contribution in [-0.2, 0) is 19.6 Å². The molecule has 4 aliphatic rings. The molecule has 0 radical (unpaired) electrons. The minimum atomic E-state index is -4.16. The van der Waals surface area contributed by atoms with E-state index >= 15 is 0 Å². The van der Waals surface area contributed by atoms with Gasteiger partial charge >= 0.3 is 12.6 Å². The number of benzene rings is 2. The molecule has 11 nitrogen and oxygen atoms in total. The lowest BCUT2D eigenvalue weighted by Crippen LogP contribution is -2.43. The number of nitrogens with zero attached hydrogens (tertiary/aromatic N) is 3. The number of allylic oxidation sites excluding steroid dienone is 1. The van der Waals surface area contributed by atoms with E-state index in [4.69, 9.17) is 42.1 Å². The second kappa shape index (κ2) is 14.7. The van der Waals surface area contributed by atoms with Gasteiger partial charge in [0.05, 0.1) is 29.6 Å². The normalized spacial score (nSPS) is 23.5. The van der Waals surface area contributed by atoms with E-state index in [1.54, 1.807) is 13.0 Å². The number of hydrogen-bond donors (Lipinski definition) is 0. The molecule has 0 amide bonds. The Hall–Kier alpha value is -2.98. The number of hydrogen-bond acceptors (Lipinski definition) is 10. The topological polar surface area (TPSA) is 121 Å². The molecule has 0 N–H and O–H groups in total. The number of anilines is 1. The van der Waals surface area contributed by atoms with Gasteiger partial charge in [-0.1, -0.05) is 17.7 Å². The molecular weight excluding hydrogens is 727 g/mol. The van der Waals surface area contributed by atoms with Crippen LogP contribution >= 0.6 is 35.0 Å². The smallest absolute Gasteiger partial charge is 0.387 e. The van der Waals surface area contributed by atoms with Gasteiger partial charge < -0.3 is 29.1 Å². The number of thioether (sulfide) groups is 1. The van der Waals surface area contributed by atoms with Gasteiger partial charge in [-0.05, 0) is 60.2 Å². The van der Waals surface area contributed by atoms with E-state index in [1.165, 1.54) is 48.3 Å². The number of likely N-dealkylation sites (N-methyl/N-ethyl adjacent to an activating group) is 1. The molecule has 6 rings (SSSR count). The highest BCUT2D eigenvalue weighted by atomic mass is 35.5. The number of carbonyl (C=O) groups is 1. The molecule has 1 saturated heterocycles. The van der Waals surface area contributed by atoms with E-state index in [9.17, 15) is 27.2 Å². The summed E-state index contributed by atoms with van der Waals surface area (Å²) in [6.07, 6.45) is 1.90. The Morgan fingerprint density at radius 2 is 1.98 bits per heavy atom. The van der Waals surface area contributed by atoms with Crippen molar-refractivity contribution < 1.29 is 45.7 Å². The van der Waals surface area contributed by atoms with Gasteiger partial charge in [-0.2, -0.15) is 13.1 Å². The number of fused-ring (bicyclic) bond motifs is 1. The summed E-state index contributed by atoms with van der Waals surface area (Å²) in [5, 5.41) is 11.5. The summed E-state index contributed by atoms with van der Waals surface area (Å²) in [6, 6.07) is 6.91. The highest BCUT2D eigenvalue weighted by Crippen LogP contribution is 2.41. The van der Waals surface area contributed by atoms with E-state index in [0.29, 0.717) is 46.4 Å². The van der Waals surface area contributed by atoms with Crippen molar-refractivity contribution >= 4 is 62.9 Å². The molecule has 266 valence electrons. The van der Waals surface area contributed by atoms with Crippen molar-refractivity contribution in [3.05, 3.63) is 57.8 Å². The predicted molar refractivity (Wildman–Crippen MR) is 182 cm³/mol. The second-order valence-electron chi connectivity index (χ2n) is 12.3. The zero-order valence-corrected chi connectivity index (χ0v) is 29.7. The molecule has 3 heterocycles. The molecule has 0 spiro atoms. The van der Waals surface area contributed by atoms with Crippen LogP contribution in [0.15, 0.2) is 51.9 Å². The van der Waals surface area contributed by atoms with Crippen molar-refractivity contribution in [2.24, 2.45) is 5.92 Å². The van der Waals surface area contributed by atoms with Gasteiger partial charge in [-0.25, -0.2) is 13.2 Å². The number of ether oxygens (including phenoxy) is 4. The summed E-state index contributed by atoms with van der Waals surface area (Å²) in [5.41, 5.74) is 1.38. The predicted octanol–water partition coefficient (Wildman–Crippen LogP) is 5.73. The lowest BCUT2D eigenvalue weighted by atomic mass is 9.94. The van der Waals surface area contributed by atoms with Crippen LogP contribution in [0.2, 0.25) is 0 Å². The first-order chi connectivity index (χ1) is 23.3. The van der Waals surface area contributed by atoms with Crippen molar-refractivity contribution in [1.29, 1.82) is 0 Å². The fourth-order valence-electron chi connectivity index (χ4n) is 5.72. The average Bonchev–Trinajstić information content (AvgIpc) is 3.76. The van der Waals surface area contributed by atoms with Crippen LogP contribution in [0.4, 0.5) is 14.5 Å². The highest BCUT2D eigenvalue weighted by molar-refractivity contribution is 8.00. The Balaban J connectivity index is 1.31. The van der Waals surface area contributed by atoms with Crippen LogP contribution in [0.25, 0.3) is 0 Å². The molecule has 2 aromatic rings. The van der Waals surface area contributed by atoms with Crippen LogP contribution in [-0.4, -0.2) is 92.2 Å². The average molecular weight is 763 g/mol. The maximum atomic E-state index is 14.0. The Labute approximate surface area is 297 Å². The Bertz CT molecular complexity index is 1760. The van der Waals surface area contributed by atoms with Gasteiger partial charge in [0.25, 0.3) is 0 Å². The zero-order valence-electron chi connectivity index (χ0n) is 26.6. The van der Waals surface area contributed by atoms with Crippen LogP contribution in [0, 0.1) is 11.1 Å². The summed E-state index contributed by atoms with van der Waals surface area (Å²) in [6.45, 7) is -0.135. The summed E-state index contributed by atoms with van der Waals surface area (Å²) in [7, 11) is -2.32. The third-order valence-electron chi connectivity index (χ3n) is 8.84. The molecule has 3 aliphatic heterocycles. The van der Waals surface area contributed by atoms with Gasteiger partial charge in [0.15, 0.2) is 23.8 Å². The van der Waals surface area contributed by atoms with Crippen LogP contribution < -0.4 is 19.1 Å². The van der Waals surface area contributed by atoms with Gasteiger partial charge in [0.1, 0.15) is 34.9 Å². The number of halogens is 4. The third kappa shape index (κ3) is 7.85. The zero-order chi connectivity index (χ0) is 35.0. The first-order valence-electron chi connectivity index (χ1n) is 15.7. The minimum absolute atomic E-state index is 0.00309. The number of alkyl halides is 3. The maximum absolute atomic E-state index is 14.0. The van der Waals surface area contributed by atoms with E-state index in [1.807, 2.05) is 11.9 Å². The molecule has 2 fully saturated rings. The lowest BCUT2D eigenvalue weighted by Gasteiger charge is -2.30. The first kappa shape index (κ1) is 35.8. The summed E-state index contributed by atoms with van der Waals surface area (Å²) >= 11 is 14.4. The number of carbonyl (C=O) groups excluding carboxylic acids is 1. The fraction of sp³-hybridized carbons (Fsp3) is 0.500. The molecule has 17 heteroatoms. The standard InChI is InChI=1S/C32H35Cl2F2N3O8S2/c1-18-30(34)22(23(33)14-38(18)41)13-28(20-5-7-27(47-32(35)36)29(11-20)45-15-19-3-4-19)46-31(40)25-16-48-17-39(25)49(42,43)21-6-8-26-24(12-21)37(2)9-10-44-26/h5-8,11-12,14,18-19,25,28,30,32H,3-4,9-10,13,15-17H2,1-2H3/t18?,25-,28-,30?/m0/s1. The minimum Gasteiger partial charge on any atom is -0.624 e. The molecule has 1 saturated carbocycles. The fourth-order valence-corrected chi connectivity index (χ4v) is 9.53. The third-order valence-corrected chi connectivity index (χ3v) is 12.8. The molecule has 1 aliphatic carbocycles. The van der Waals surface area contributed by atoms with Crippen LogP contribution in [0.1, 0.15) is 37.9 Å². The molecule has 2 aromatic carbocycles. The van der Waals surface area contributed by atoms with E-state index in [-0.39, 0.29) is 46.1 Å². The second-order valence-corrected chi connectivity index (χ2v) is 16.0. The summed E-state index contributed by atoms with van der Waals surface area (Å²) in [4.78, 5) is 15.9. The van der Waals surface area contributed by atoms with Gasteiger partial charge in [0, 0.05) is 26.1 Å². The van der Waals surface area contributed by atoms with Crippen molar-refractivity contribution in [3.8, 4) is 17.2 Å². The van der Waals surface area contributed by atoms with E-state index in [0.717, 1.165) is 17.1 Å². The van der Waals surface area contributed by atoms with Crippen molar-refractivity contribution in [2.45, 2.75) is 61.3 Å². The lowest BCUT2D eigenvalue weighted by molar-refractivity contribution is -0.491. The van der Waals surface area contributed by atoms with Gasteiger partial charge in [-0.3, -0.25) is 4.79 Å². The largest absolute Gasteiger partial charge is 0.624 e. The molecule has 49 heavy (non-hydrogen) atoms. The SMILES string of the molecule is CC1C(Cl)C(C[C@H](OC(=O)[C@@H]2CSCN2S(=O)(=O)c2ccc3c(c2)N(C)CCO3)c2ccc(OC(F)F)c(OCC3CC3)c2)=C(Cl)C=[N+]1[O-]. The van der Waals surface area contributed by atoms with Gasteiger partial charge in [-0.15, -0.1) is 23.4 Å². The number of sulfonamides is 1. The molecule has 4 atom stereocenters. The molecule has 0 aromatic heterocycles. The molecule has 0 bridgehead atoms. The monoisotopic (exact) mass is 761 g/mol. The van der Waals surface area contributed by atoms with Crippen LogP contribution in [0.3, 0.4) is 0 Å². The quantitative estimate of drug-likeness (QED) is 0.115. The van der Waals surface area contributed by atoms with Crippen LogP contribution in [0.5, 0.6) is 17.2 Å². The van der Waals surface area contributed by atoms with Gasteiger partial charge in [0.2, 0.25) is 10.0 Å².